The highest BCUT2D eigenvalue weighted by Crippen LogP contribution is 2.21. The fourth-order valence-corrected chi connectivity index (χ4v) is 1.62. The number of carbonyl (C=O) groups is 2. The van der Waals surface area contributed by atoms with E-state index in [-0.39, 0.29) is 19.0 Å². The molecule has 0 aliphatic rings. The van der Waals surface area contributed by atoms with Gasteiger partial charge in [-0.15, -0.1) is 0 Å². The van der Waals surface area contributed by atoms with Crippen LogP contribution in [-0.2, 0) is 14.2 Å². The van der Waals surface area contributed by atoms with Gasteiger partial charge in [0, 0.05) is 12.6 Å². The highest BCUT2D eigenvalue weighted by atomic mass is 31.1. The molecule has 0 radical (unpaired) electrons. The van der Waals surface area contributed by atoms with Crippen LogP contribution in [0.15, 0.2) is 0 Å². The lowest BCUT2D eigenvalue weighted by Crippen LogP contribution is -2.17. The van der Waals surface area contributed by atoms with Gasteiger partial charge in [0.2, 0.25) is 0 Å². The summed E-state index contributed by atoms with van der Waals surface area (Å²) in [5.41, 5.74) is 0. The van der Waals surface area contributed by atoms with Crippen LogP contribution < -0.4 is 0 Å². The van der Waals surface area contributed by atoms with E-state index in [0.29, 0.717) is 0 Å². The first-order chi connectivity index (χ1) is 5.93. The zero-order valence-corrected chi connectivity index (χ0v) is 7.77. The molecular formula is C6H11O6P. The van der Waals surface area contributed by atoms with Gasteiger partial charge in [-0.05, 0) is 6.42 Å². The van der Waals surface area contributed by atoms with Gasteiger partial charge >= 0.3 is 11.9 Å². The van der Waals surface area contributed by atoms with Gasteiger partial charge in [0.1, 0.15) is 0 Å². The number of carboxylic acid groups (broad SMARTS) is 2. The molecule has 2 unspecified atom stereocenters. The van der Waals surface area contributed by atoms with E-state index in [2.05, 4.69) is 0 Å². The molecule has 7 heteroatoms. The Balaban J connectivity index is 4.02. The Morgan fingerprint density at radius 2 is 1.85 bits per heavy atom. The van der Waals surface area contributed by atoms with Crippen molar-refractivity contribution in [3.63, 3.8) is 0 Å². The largest absolute Gasteiger partial charge is 0.481 e. The summed E-state index contributed by atoms with van der Waals surface area (Å²) in [7, 11) is -2.85. The van der Waals surface area contributed by atoms with Gasteiger partial charge in [-0.3, -0.25) is 14.2 Å². The van der Waals surface area contributed by atoms with Crippen LogP contribution in [0.3, 0.4) is 0 Å². The van der Waals surface area contributed by atoms with Gasteiger partial charge in [0.25, 0.3) is 0 Å². The van der Waals surface area contributed by atoms with E-state index in [1.165, 1.54) is 0 Å². The summed E-state index contributed by atoms with van der Waals surface area (Å²) < 4.78 is 10.3. The van der Waals surface area contributed by atoms with Crippen molar-refractivity contribution < 1.29 is 29.3 Å². The minimum Gasteiger partial charge on any atom is -0.481 e. The molecule has 6 nitrogen and oxygen atoms in total. The van der Waals surface area contributed by atoms with E-state index in [1.54, 1.807) is 0 Å². The standard InChI is InChI=1S/C6H11O6P/c7-5(8)2-1-4(6(9)10)3-13(11)12/h4,13H,1-3H2,(H,7,8)(H,9,10)(H,11,12). The van der Waals surface area contributed by atoms with Gasteiger partial charge in [-0.1, -0.05) is 0 Å². The topological polar surface area (TPSA) is 112 Å². The second-order valence-electron chi connectivity index (χ2n) is 2.57. The van der Waals surface area contributed by atoms with E-state index in [1.807, 2.05) is 0 Å². The third kappa shape index (κ3) is 6.31. The Bertz CT molecular complexity index is 225. The van der Waals surface area contributed by atoms with Gasteiger partial charge in [0.05, 0.1) is 5.92 Å². The van der Waals surface area contributed by atoms with Gasteiger partial charge < -0.3 is 15.1 Å². The average Bonchev–Trinajstić information content (AvgIpc) is 1.96. The summed E-state index contributed by atoms with van der Waals surface area (Å²) in [4.78, 5) is 29.0. The second-order valence-corrected chi connectivity index (χ2v) is 3.76. The SMILES string of the molecule is O=C(O)CCC(C[PH](=O)O)C(=O)O. The van der Waals surface area contributed by atoms with E-state index in [0.717, 1.165) is 0 Å². The lowest BCUT2D eigenvalue weighted by Gasteiger charge is -2.07. The van der Waals surface area contributed by atoms with E-state index in [4.69, 9.17) is 15.1 Å². The summed E-state index contributed by atoms with van der Waals surface area (Å²) in [5, 5.41) is 16.8. The molecule has 3 N–H and O–H groups in total. The Morgan fingerprint density at radius 1 is 1.31 bits per heavy atom. The van der Waals surface area contributed by atoms with Crippen LogP contribution in [0.5, 0.6) is 0 Å². The van der Waals surface area contributed by atoms with Crippen LogP contribution in [0.2, 0.25) is 0 Å². The summed E-state index contributed by atoms with van der Waals surface area (Å²) in [6.07, 6.45) is -0.763. The smallest absolute Gasteiger partial charge is 0.307 e. The van der Waals surface area contributed by atoms with Crippen molar-refractivity contribution in [1.82, 2.24) is 0 Å². The maximum atomic E-state index is 10.4. The van der Waals surface area contributed by atoms with Crippen LogP contribution in [0.1, 0.15) is 12.8 Å². The van der Waals surface area contributed by atoms with Crippen molar-refractivity contribution in [3.8, 4) is 0 Å². The summed E-state index contributed by atoms with van der Waals surface area (Å²) in [6, 6.07) is 0. The quantitative estimate of drug-likeness (QED) is 0.532. The molecule has 0 heterocycles. The van der Waals surface area contributed by atoms with Crippen molar-refractivity contribution in [3.05, 3.63) is 0 Å². The Kier molecular flexibility index (Phi) is 5.34. The van der Waals surface area contributed by atoms with Crippen LogP contribution in [0, 0.1) is 5.92 Å². The second kappa shape index (κ2) is 5.72. The molecule has 0 aliphatic carbocycles. The van der Waals surface area contributed by atoms with Gasteiger partial charge in [-0.2, -0.15) is 0 Å². The molecule has 0 rings (SSSR count). The lowest BCUT2D eigenvalue weighted by molar-refractivity contribution is -0.142. The highest BCUT2D eigenvalue weighted by molar-refractivity contribution is 7.38. The molecule has 0 aromatic carbocycles. The first-order valence-corrected chi connectivity index (χ1v) is 5.16. The molecule has 0 fully saturated rings. The minimum atomic E-state index is -2.85. The molecule has 0 amide bonds. The number of carboxylic acids is 2. The van der Waals surface area contributed by atoms with E-state index < -0.39 is 25.9 Å². The number of hydrogen-bond acceptors (Lipinski definition) is 3. The molecular weight excluding hydrogens is 199 g/mol. The fraction of sp³-hybridized carbons (Fsp3) is 0.667. The van der Waals surface area contributed by atoms with Crippen molar-refractivity contribution in [2.45, 2.75) is 12.8 Å². The predicted octanol–water partition coefficient (Wildman–Crippen LogP) is 0.0190. The minimum absolute atomic E-state index is 0.109. The summed E-state index contributed by atoms with van der Waals surface area (Å²) in [6.45, 7) is 0. The summed E-state index contributed by atoms with van der Waals surface area (Å²) in [5.74, 6) is -3.37. The molecule has 0 bridgehead atoms. The molecule has 76 valence electrons. The predicted molar refractivity (Wildman–Crippen MR) is 44.1 cm³/mol. The zero-order valence-electron chi connectivity index (χ0n) is 6.77. The van der Waals surface area contributed by atoms with Gasteiger partial charge in [-0.25, -0.2) is 0 Å². The van der Waals surface area contributed by atoms with Crippen LogP contribution >= 0.6 is 8.03 Å². The van der Waals surface area contributed by atoms with Crippen LogP contribution in [0.25, 0.3) is 0 Å². The molecule has 0 spiro atoms. The lowest BCUT2D eigenvalue weighted by atomic mass is 10.1. The van der Waals surface area contributed by atoms with Crippen molar-refractivity contribution in [2.24, 2.45) is 5.92 Å². The molecule has 0 aromatic heterocycles. The Hall–Kier alpha value is -0.870. The average molecular weight is 210 g/mol. The molecule has 0 saturated heterocycles. The fourth-order valence-electron chi connectivity index (χ4n) is 0.821. The normalized spacial score (nSPS) is 14.8. The number of rotatable bonds is 6. The van der Waals surface area contributed by atoms with Crippen LogP contribution in [-0.4, -0.2) is 33.2 Å². The van der Waals surface area contributed by atoms with Crippen molar-refractivity contribution >= 4 is 20.0 Å². The molecule has 0 aliphatic heterocycles. The van der Waals surface area contributed by atoms with Crippen molar-refractivity contribution in [2.75, 3.05) is 6.16 Å². The van der Waals surface area contributed by atoms with E-state index in [9.17, 15) is 14.2 Å². The van der Waals surface area contributed by atoms with Gasteiger partial charge in [0.15, 0.2) is 8.03 Å². The monoisotopic (exact) mass is 210 g/mol. The Labute approximate surface area is 75.1 Å². The first-order valence-electron chi connectivity index (χ1n) is 3.60. The molecule has 2 atom stereocenters. The number of hydrogen-bond donors (Lipinski definition) is 3. The molecule has 0 saturated carbocycles. The molecule has 13 heavy (non-hydrogen) atoms. The van der Waals surface area contributed by atoms with Crippen molar-refractivity contribution in [1.29, 1.82) is 0 Å². The molecule has 0 aromatic rings. The summed E-state index contributed by atoms with van der Waals surface area (Å²) >= 11 is 0. The highest BCUT2D eigenvalue weighted by Gasteiger charge is 2.20. The first kappa shape index (κ1) is 12.1. The number of aliphatic carboxylic acids is 2. The maximum Gasteiger partial charge on any atom is 0.307 e. The van der Waals surface area contributed by atoms with Crippen LogP contribution in [0.4, 0.5) is 0 Å². The maximum absolute atomic E-state index is 10.4. The third-order valence-corrected chi connectivity index (χ3v) is 2.32. The zero-order chi connectivity index (χ0) is 10.4. The Morgan fingerprint density at radius 3 is 2.15 bits per heavy atom. The van der Waals surface area contributed by atoms with E-state index >= 15 is 0 Å². The third-order valence-electron chi connectivity index (χ3n) is 1.48.